The molecule has 3 nitrogen and oxygen atoms in total. The molecule has 3 heteroatoms. The average Bonchev–Trinajstić information content (AvgIpc) is 2.49. The molecule has 1 aliphatic heterocycles. The van der Waals surface area contributed by atoms with Gasteiger partial charge in [0, 0.05) is 12.6 Å². The molecule has 0 aliphatic carbocycles. The van der Waals surface area contributed by atoms with Crippen molar-refractivity contribution in [1.29, 1.82) is 0 Å². The Morgan fingerprint density at radius 3 is 2.79 bits per heavy atom. The summed E-state index contributed by atoms with van der Waals surface area (Å²) in [5.74, 6) is 0.948. The van der Waals surface area contributed by atoms with Crippen LogP contribution >= 0.6 is 0 Å². The number of ether oxygens (including phenoxy) is 1. The number of benzene rings is 1. The largest absolute Gasteiger partial charge is 0.492 e. The smallest absolute Gasteiger partial charge is 0.144 e. The topological polar surface area (TPSA) is 33.3 Å². The van der Waals surface area contributed by atoms with Gasteiger partial charge >= 0.3 is 0 Å². The molecule has 2 N–H and O–H groups in total. The van der Waals surface area contributed by atoms with E-state index in [4.69, 9.17) is 4.74 Å². The Kier molecular flexibility index (Phi) is 4.23. The molecule has 1 atom stereocenters. The average molecular weight is 262 g/mol. The minimum Gasteiger partial charge on any atom is -0.492 e. The Balaban J connectivity index is 2.18. The number of fused-ring (bicyclic) bond motifs is 1. The van der Waals surface area contributed by atoms with E-state index in [-0.39, 0.29) is 0 Å². The Hall–Kier alpha value is -1.38. The van der Waals surface area contributed by atoms with E-state index >= 15 is 0 Å². The van der Waals surface area contributed by atoms with Crippen LogP contribution < -0.4 is 15.4 Å². The van der Waals surface area contributed by atoms with E-state index in [1.807, 2.05) is 13.0 Å². The van der Waals surface area contributed by atoms with Crippen molar-refractivity contribution in [3.63, 3.8) is 0 Å². The highest BCUT2D eigenvalue weighted by Crippen LogP contribution is 2.36. The van der Waals surface area contributed by atoms with Gasteiger partial charge in [-0.05, 0) is 37.3 Å². The summed E-state index contributed by atoms with van der Waals surface area (Å²) in [6, 6.07) is 6.73. The van der Waals surface area contributed by atoms with Crippen molar-refractivity contribution in [3.8, 4) is 5.75 Å². The summed E-state index contributed by atoms with van der Waals surface area (Å²) >= 11 is 0. The van der Waals surface area contributed by atoms with Crippen LogP contribution in [0.3, 0.4) is 0 Å². The number of para-hydroxylation sites is 1. The summed E-state index contributed by atoms with van der Waals surface area (Å²) < 4.78 is 5.69. The summed E-state index contributed by atoms with van der Waals surface area (Å²) in [7, 11) is 0. The van der Waals surface area contributed by atoms with Gasteiger partial charge in [-0.3, -0.25) is 0 Å². The molecule has 0 saturated heterocycles. The maximum Gasteiger partial charge on any atom is 0.144 e. The molecule has 1 aliphatic rings. The SMILES string of the molecule is CCOc1cccc2c1NCCC(CC(C)(C)C)N2. The van der Waals surface area contributed by atoms with Crippen molar-refractivity contribution in [2.45, 2.75) is 46.6 Å². The van der Waals surface area contributed by atoms with E-state index in [0.717, 1.165) is 30.1 Å². The lowest BCUT2D eigenvalue weighted by atomic mass is 9.87. The number of rotatable bonds is 3. The first kappa shape index (κ1) is 14.0. The van der Waals surface area contributed by atoms with Crippen molar-refractivity contribution in [2.75, 3.05) is 23.8 Å². The van der Waals surface area contributed by atoms with Crippen LogP contribution in [0.4, 0.5) is 11.4 Å². The molecular weight excluding hydrogens is 236 g/mol. The number of hydrogen-bond donors (Lipinski definition) is 2. The third-order valence-corrected chi connectivity index (χ3v) is 3.34. The lowest BCUT2D eigenvalue weighted by Gasteiger charge is -2.26. The van der Waals surface area contributed by atoms with Crippen molar-refractivity contribution in [2.24, 2.45) is 5.41 Å². The molecule has 2 rings (SSSR count). The standard InChI is InChI=1S/C16H26N2O/c1-5-19-14-8-6-7-13-15(14)17-10-9-12(18-13)11-16(2,3)4/h6-8,12,17-18H,5,9-11H2,1-4H3. The van der Waals surface area contributed by atoms with Gasteiger partial charge < -0.3 is 15.4 Å². The summed E-state index contributed by atoms with van der Waals surface area (Å²) in [6.07, 6.45) is 2.31. The summed E-state index contributed by atoms with van der Waals surface area (Å²) in [5, 5.41) is 7.18. The quantitative estimate of drug-likeness (QED) is 0.859. The Morgan fingerprint density at radius 1 is 1.32 bits per heavy atom. The molecule has 106 valence electrons. The minimum atomic E-state index is 0.347. The maximum atomic E-state index is 5.69. The van der Waals surface area contributed by atoms with Gasteiger partial charge in [-0.2, -0.15) is 0 Å². The van der Waals surface area contributed by atoms with E-state index in [2.05, 4.69) is 43.5 Å². The molecule has 0 radical (unpaired) electrons. The predicted molar refractivity (Wildman–Crippen MR) is 82.2 cm³/mol. The van der Waals surface area contributed by atoms with Crippen molar-refractivity contribution >= 4 is 11.4 Å². The maximum absolute atomic E-state index is 5.69. The van der Waals surface area contributed by atoms with Gasteiger partial charge in [0.05, 0.1) is 12.3 Å². The van der Waals surface area contributed by atoms with Gasteiger partial charge in [0.15, 0.2) is 0 Å². The highest BCUT2D eigenvalue weighted by Gasteiger charge is 2.22. The highest BCUT2D eigenvalue weighted by atomic mass is 16.5. The van der Waals surface area contributed by atoms with Crippen molar-refractivity contribution in [1.82, 2.24) is 0 Å². The molecule has 1 aromatic rings. The van der Waals surface area contributed by atoms with Crippen LogP contribution in [-0.2, 0) is 0 Å². The highest BCUT2D eigenvalue weighted by molar-refractivity contribution is 5.76. The van der Waals surface area contributed by atoms with E-state index in [0.29, 0.717) is 18.1 Å². The van der Waals surface area contributed by atoms with Crippen LogP contribution in [0, 0.1) is 5.41 Å². The van der Waals surface area contributed by atoms with E-state index in [9.17, 15) is 0 Å². The first-order valence-electron chi connectivity index (χ1n) is 7.26. The van der Waals surface area contributed by atoms with Crippen LogP contribution in [0.15, 0.2) is 18.2 Å². The summed E-state index contributed by atoms with van der Waals surface area (Å²) in [5.41, 5.74) is 2.62. The fraction of sp³-hybridized carbons (Fsp3) is 0.625. The fourth-order valence-electron chi connectivity index (χ4n) is 2.67. The molecule has 19 heavy (non-hydrogen) atoms. The third-order valence-electron chi connectivity index (χ3n) is 3.34. The van der Waals surface area contributed by atoms with E-state index < -0.39 is 0 Å². The predicted octanol–water partition coefficient (Wildman–Crippen LogP) is 4.12. The molecule has 0 saturated carbocycles. The van der Waals surface area contributed by atoms with Crippen LogP contribution in [0.1, 0.15) is 40.5 Å². The zero-order chi connectivity index (χ0) is 13.9. The van der Waals surface area contributed by atoms with Gasteiger partial charge in [-0.25, -0.2) is 0 Å². The molecule has 0 bridgehead atoms. The summed E-state index contributed by atoms with van der Waals surface area (Å²) in [6.45, 7) is 10.6. The minimum absolute atomic E-state index is 0.347. The van der Waals surface area contributed by atoms with Crippen LogP contribution in [0.25, 0.3) is 0 Å². The van der Waals surface area contributed by atoms with Gasteiger partial charge in [0.2, 0.25) is 0 Å². The van der Waals surface area contributed by atoms with Crippen LogP contribution in [0.5, 0.6) is 5.75 Å². The second-order valence-corrected chi connectivity index (χ2v) is 6.43. The second kappa shape index (κ2) is 5.72. The van der Waals surface area contributed by atoms with Crippen molar-refractivity contribution < 1.29 is 4.74 Å². The Bertz CT molecular complexity index is 423. The van der Waals surface area contributed by atoms with Gasteiger partial charge in [0.1, 0.15) is 11.4 Å². The van der Waals surface area contributed by atoms with Gasteiger partial charge in [-0.1, -0.05) is 26.8 Å². The van der Waals surface area contributed by atoms with E-state index in [1.54, 1.807) is 0 Å². The molecule has 0 amide bonds. The molecule has 1 unspecified atom stereocenters. The first-order valence-corrected chi connectivity index (χ1v) is 7.26. The van der Waals surface area contributed by atoms with Crippen LogP contribution in [0.2, 0.25) is 0 Å². The van der Waals surface area contributed by atoms with Crippen LogP contribution in [-0.4, -0.2) is 19.2 Å². The number of anilines is 2. The third kappa shape index (κ3) is 3.79. The van der Waals surface area contributed by atoms with Gasteiger partial charge in [0.25, 0.3) is 0 Å². The number of hydrogen-bond acceptors (Lipinski definition) is 3. The normalized spacial score (nSPS) is 18.8. The molecule has 1 aromatic carbocycles. The molecular formula is C16H26N2O. The molecule has 0 fully saturated rings. The summed E-state index contributed by atoms with van der Waals surface area (Å²) in [4.78, 5) is 0. The first-order chi connectivity index (χ1) is 8.99. The Labute approximate surface area is 116 Å². The molecule has 1 heterocycles. The molecule has 0 spiro atoms. The monoisotopic (exact) mass is 262 g/mol. The Morgan fingerprint density at radius 2 is 2.11 bits per heavy atom. The zero-order valence-electron chi connectivity index (χ0n) is 12.5. The zero-order valence-corrected chi connectivity index (χ0v) is 12.5. The molecule has 0 aromatic heterocycles. The number of nitrogens with one attached hydrogen (secondary N) is 2. The lowest BCUT2D eigenvalue weighted by molar-refractivity contribution is 0.342. The fourth-order valence-corrected chi connectivity index (χ4v) is 2.67. The second-order valence-electron chi connectivity index (χ2n) is 6.43. The van der Waals surface area contributed by atoms with Crippen molar-refractivity contribution in [3.05, 3.63) is 18.2 Å². The lowest BCUT2D eigenvalue weighted by Crippen LogP contribution is -2.25. The van der Waals surface area contributed by atoms with Gasteiger partial charge in [-0.15, -0.1) is 0 Å². The van der Waals surface area contributed by atoms with E-state index in [1.165, 1.54) is 6.42 Å².